The number of tetrazole rings is 1. The summed E-state index contributed by atoms with van der Waals surface area (Å²) >= 11 is 3.59. The summed E-state index contributed by atoms with van der Waals surface area (Å²) in [6.07, 6.45) is 0.951. The molecule has 1 heterocycles. The Kier molecular flexibility index (Phi) is 6.64. The van der Waals surface area contributed by atoms with E-state index >= 15 is 0 Å². The minimum absolute atomic E-state index is 0.578. The van der Waals surface area contributed by atoms with Crippen molar-refractivity contribution in [3.63, 3.8) is 0 Å². The molecule has 7 nitrogen and oxygen atoms in total. The molecule has 0 saturated carbocycles. The van der Waals surface area contributed by atoms with E-state index in [-0.39, 0.29) is 0 Å². The van der Waals surface area contributed by atoms with Gasteiger partial charge in [0.2, 0.25) is 5.95 Å². The van der Waals surface area contributed by atoms with Crippen LogP contribution in [0, 0.1) is 0 Å². The van der Waals surface area contributed by atoms with Crippen molar-refractivity contribution >= 4 is 21.9 Å². The van der Waals surface area contributed by atoms with Gasteiger partial charge in [-0.2, -0.15) is 0 Å². The molecule has 0 spiro atoms. The Hall–Kier alpha value is -1.83. The van der Waals surface area contributed by atoms with Gasteiger partial charge in [0.15, 0.2) is 11.5 Å². The van der Waals surface area contributed by atoms with E-state index in [1.54, 1.807) is 4.68 Å². The molecule has 1 N–H and O–H groups in total. The summed E-state index contributed by atoms with van der Waals surface area (Å²) in [5.74, 6) is 2.14. The second kappa shape index (κ2) is 8.71. The first kappa shape index (κ1) is 17.5. The van der Waals surface area contributed by atoms with Crippen molar-refractivity contribution in [1.29, 1.82) is 0 Å². The number of benzene rings is 1. The lowest BCUT2D eigenvalue weighted by Gasteiger charge is -2.15. The maximum Gasteiger partial charge on any atom is 0.243 e. The predicted molar refractivity (Wildman–Crippen MR) is 91.9 cm³/mol. The van der Waals surface area contributed by atoms with E-state index in [0.29, 0.717) is 32.3 Å². The Morgan fingerprint density at radius 3 is 2.65 bits per heavy atom. The number of hydrogen-bond donors (Lipinski definition) is 1. The maximum atomic E-state index is 5.75. The zero-order chi connectivity index (χ0) is 16.7. The van der Waals surface area contributed by atoms with Crippen molar-refractivity contribution in [3.8, 4) is 11.5 Å². The molecule has 0 unspecified atom stereocenters. The monoisotopic (exact) mass is 383 g/mol. The molecule has 0 saturated heterocycles. The summed E-state index contributed by atoms with van der Waals surface area (Å²) in [5, 5.41) is 14.8. The van der Waals surface area contributed by atoms with E-state index in [1.165, 1.54) is 0 Å². The Morgan fingerprint density at radius 1 is 1.17 bits per heavy atom. The Bertz CT molecular complexity index is 632. The summed E-state index contributed by atoms with van der Waals surface area (Å²) in [5.41, 5.74) is 1.04. The van der Waals surface area contributed by atoms with E-state index in [9.17, 15) is 0 Å². The molecule has 23 heavy (non-hydrogen) atoms. The van der Waals surface area contributed by atoms with Gasteiger partial charge < -0.3 is 14.8 Å². The molecule has 0 aliphatic heterocycles. The van der Waals surface area contributed by atoms with Gasteiger partial charge in [0.05, 0.1) is 13.2 Å². The zero-order valence-corrected chi connectivity index (χ0v) is 15.3. The van der Waals surface area contributed by atoms with Crippen LogP contribution in [0.15, 0.2) is 16.6 Å². The summed E-state index contributed by atoms with van der Waals surface area (Å²) in [7, 11) is 0. The first-order valence-corrected chi connectivity index (χ1v) is 8.56. The first-order chi connectivity index (χ1) is 11.2. The molecule has 2 aromatic rings. The fourth-order valence-corrected chi connectivity index (χ4v) is 2.49. The van der Waals surface area contributed by atoms with Crippen LogP contribution in [0.3, 0.4) is 0 Å². The van der Waals surface area contributed by atoms with E-state index in [0.717, 1.165) is 28.0 Å². The van der Waals surface area contributed by atoms with Crippen LogP contribution in [-0.2, 0) is 13.1 Å². The van der Waals surface area contributed by atoms with Gasteiger partial charge >= 0.3 is 0 Å². The molecule has 1 aromatic heterocycles. The third-order valence-corrected chi connectivity index (χ3v) is 3.88. The van der Waals surface area contributed by atoms with Gasteiger partial charge in [-0.1, -0.05) is 28.0 Å². The van der Waals surface area contributed by atoms with Gasteiger partial charge in [-0.3, -0.25) is 0 Å². The van der Waals surface area contributed by atoms with Crippen molar-refractivity contribution < 1.29 is 9.47 Å². The number of halogens is 1. The van der Waals surface area contributed by atoms with Crippen LogP contribution in [0.5, 0.6) is 11.5 Å². The molecular weight excluding hydrogens is 362 g/mol. The van der Waals surface area contributed by atoms with Crippen LogP contribution in [0.2, 0.25) is 0 Å². The highest BCUT2D eigenvalue weighted by Gasteiger charge is 2.12. The van der Waals surface area contributed by atoms with Crippen LogP contribution >= 0.6 is 15.9 Å². The second-order valence-corrected chi connectivity index (χ2v) is 5.70. The highest BCUT2D eigenvalue weighted by Crippen LogP contribution is 2.34. The van der Waals surface area contributed by atoms with Crippen molar-refractivity contribution in [2.24, 2.45) is 0 Å². The summed E-state index contributed by atoms with van der Waals surface area (Å²) in [6, 6.07) is 3.92. The van der Waals surface area contributed by atoms with Crippen molar-refractivity contribution in [2.75, 3.05) is 18.5 Å². The molecule has 0 atom stereocenters. The quantitative estimate of drug-likeness (QED) is 0.716. The van der Waals surface area contributed by atoms with E-state index in [4.69, 9.17) is 9.47 Å². The van der Waals surface area contributed by atoms with Crippen LogP contribution in [-0.4, -0.2) is 33.4 Å². The zero-order valence-electron chi connectivity index (χ0n) is 13.7. The average Bonchev–Trinajstić information content (AvgIpc) is 3.01. The van der Waals surface area contributed by atoms with Gasteiger partial charge in [0, 0.05) is 17.6 Å². The highest BCUT2D eigenvalue weighted by atomic mass is 79.9. The number of aromatic nitrogens is 4. The van der Waals surface area contributed by atoms with Gasteiger partial charge in [0.1, 0.15) is 0 Å². The van der Waals surface area contributed by atoms with Crippen molar-refractivity contribution in [1.82, 2.24) is 20.2 Å². The summed E-state index contributed by atoms with van der Waals surface area (Å²) in [4.78, 5) is 0. The van der Waals surface area contributed by atoms with Gasteiger partial charge in [0.25, 0.3) is 0 Å². The first-order valence-electron chi connectivity index (χ1n) is 7.77. The molecule has 0 radical (unpaired) electrons. The topological polar surface area (TPSA) is 74.1 Å². The van der Waals surface area contributed by atoms with E-state index in [2.05, 4.69) is 43.7 Å². The van der Waals surface area contributed by atoms with Gasteiger partial charge in [-0.15, -0.1) is 0 Å². The van der Waals surface area contributed by atoms with Gasteiger partial charge in [-0.05, 0) is 48.4 Å². The molecule has 0 fully saturated rings. The van der Waals surface area contributed by atoms with Crippen LogP contribution in [0.4, 0.5) is 5.95 Å². The number of nitrogens with one attached hydrogen (secondary N) is 1. The molecule has 0 aliphatic rings. The van der Waals surface area contributed by atoms with Crippen LogP contribution < -0.4 is 14.8 Å². The number of ether oxygens (including phenoxy) is 2. The molecule has 1 aromatic carbocycles. The highest BCUT2D eigenvalue weighted by molar-refractivity contribution is 9.10. The lowest BCUT2D eigenvalue weighted by atomic mass is 10.2. The Balaban J connectivity index is 2.16. The van der Waals surface area contributed by atoms with E-state index < -0.39 is 0 Å². The molecule has 2 rings (SSSR count). The normalized spacial score (nSPS) is 10.6. The van der Waals surface area contributed by atoms with Gasteiger partial charge in [-0.25, -0.2) is 4.68 Å². The third-order valence-electron chi connectivity index (χ3n) is 3.14. The molecule has 0 amide bonds. The maximum absolute atomic E-state index is 5.75. The third kappa shape index (κ3) is 4.57. The molecular formula is C15H22BrN5O2. The molecule has 126 valence electrons. The molecule has 8 heteroatoms. The summed E-state index contributed by atoms with van der Waals surface area (Å²) < 4.78 is 14.1. The lowest BCUT2D eigenvalue weighted by Crippen LogP contribution is -2.09. The minimum Gasteiger partial charge on any atom is -0.490 e. The smallest absolute Gasteiger partial charge is 0.243 e. The summed E-state index contributed by atoms with van der Waals surface area (Å²) in [6.45, 7) is 8.56. The van der Waals surface area contributed by atoms with E-state index in [1.807, 2.05) is 26.0 Å². The number of aryl methyl sites for hydroxylation is 1. The number of hydrogen-bond acceptors (Lipinski definition) is 6. The molecule has 0 bridgehead atoms. The number of anilines is 1. The SMILES string of the molecule is CCCOc1cc(Br)c(CNc2nnnn2CC)cc1OCC. The number of nitrogens with zero attached hydrogens (tertiary/aromatic N) is 4. The minimum atomic E-state index is 0.578. The van der Waals surface area contributed by atoms with Crippen molar-refractivity contribution in [3.05, 3.63) is 22.2 Å². The van der Waals surface area contributed by atoms with Crippen LogP contribution in [0.25, 0.3) is 0 Å². The van der Waals surface area contributed by atoms with Crippen molar-refractivity contribution in [2.45, 2.75) is 40.3 Å². The lowest BCUT2D eigenvalue weighted by molar-refractivity contribution is 0.276. The predicted octanol–water partition coefficient (Wildman–Crippen LogP) is 3.26. The largest absolute Gasteiger partial charge is 0.490 e. The fraction of sp³-hybridized carbons (Fsp3) is 0.533. The number of rotatable bonds is 9. The van der Waals surface area contributed by atoms with Crippen LogP contribution in [0.1, 0.15) is 32.8 Å². The second-order valence-electron chi connectivity index (χ2n) is 4.84. The average molecular weight is 384 g/mol. The Morgan fingerprint density at radius 2 is 1.96 bits per heavy atom. The Labute approximate surface area is 144 Å². The molecule has 0 aliphatic carbocycles. The standard InChI is InChI=1S/C15H22BrN5O2/c1-4-7-23-14-9-12(16)11(8-13(14)22-6-3)10-17-15-18-19-20-21(15)5-2/h8-9H,4-7,10H2,1-3H3,(H,17,18,20). The fourth-order valence-electron chi connectivity index (χ4n) is 2.02.